The Balaban J connectivity index is 0. The quantitative estimate of drug-likeness (QED) is 0.443. The molecule has 1 N–H and O–H groups in total. The molecule has 4 heteroatoms. The fourth-order valence-electron chi connectivity index (χ4n) is 1.86. The van der Waals surface area contributed by atoms with Crippen molar-refractivity contribution in [2.24, 2.45) is 0 Å². The SMILES string of the molecule is CCC[N+](CC)(CC)CC(O)CCl.[Cl-]. The smallest absolute Gasteiger partial charge is 0.116 e. The number of alkyl halides is 1. The fraction of sp³-hybridized carbons (Fsp3) is 1.00. The highest BCUT2D eigenvalue weighted by molar-refractivity contribution is 6.18. The molecule has 0 saturated heterocycles. The third-order valence-corrected chi connectivity index (χ3v) is 3.17. The van der Waals surface area contributed by atoms with Crippen molar-refractivity contribution in [3.8, 4) is 0 Å². The molecule has 0 heterocycles. The van der Waals surface area contributed by atoms with Crippen LogP contribution in [0.5, 0.6) is 0 Å². The van der Waals surface area contributed by atoms with Gasteiger partial charge in [-0.25, -0.2) is 0 Å². The third kappa shape index (κ3) is 5.40. The average molecular weight is 244 g/mol. The highest BCUT2D eigenvalue weighted by Crippen LogP contribution is 2.10. The molecule has 0 radical (unpaired) electrons. The number of hydrogen-bond donors (Lipinski definition) is 1. The molecule has 2 nitrogen and oxygen atoms in total. The van der Waals surface area contributed by atoms with Gasteiger partial charge in [-0.2, -0.15) is 0 Å². The number of nitrogens with zero attached hydrogens (tertiary/aromatic N) is 1. The average Bonchev–Trinajstić information content (AvgIpc) is 2.17. The predicted octanol–water partition coefficient (Wildman–Crippen LogP) is -1.14. The van der Waals surface area contributed by atoms with Crippen molar-refractivity contribution in [1.29, 1.82) is 0 Å². The van der Waals surface area contributed by atoms with E-state index in [0.29, 0.717) is 5.88 Å². The van der Waals surface area contributed by atoms with Crippen molar-refractivity contribution in [1.82, 2.24) is 0 Å². The van der Waals surface area contributed by atoms with Crippen LogP contribution >= 0.6 is 11.6 Å². The fourth-order valence-corrected chi connectivity index (χ4v) is 1.96. The number of aliphatic hydroxyl groups excluding tert-OH is 1. The molecule has 0 bridgehead atoms. The minimum absolute atomic E-state index is 0. The standard InChI is InChI=1S/C10H23ClNO.ClH/c1-4-7-12(5-2,6-3)9-10(13)8-11;/h10,13H,4-9H2,1-3H3;1H/q+1;/p-1. The van der Waals surface area contributed by atoms with Crippen LogP contribution in [-0.2, 0) is 0 Å². The molecule has 1 unspecified atom stereocenters. The van der Waals surface area contributed by atoms with Crippen LogP contribution < -0.4 is 12.4 Å². The molecule has 0 aromatic carbocycles. The monoisotopic (exact) mass is 243 g/mol. The van der Waals surface area contributed by atoms with E-state index >= 15 is 0 Å². The van der Waals surface area contributed by atoms with Crippen molar-refractivity contribution < 1.29 is 22.0 Å². The minimum atomic E-state index is -0.354. The largest absolute Gasteiger partial charge is 1.00 e. The maximum absolute atomic E-state index is 9.53. The summed E-state index contributed by atoms with van der Waals surface area (Å²) in [5, 5.41) is 9.53. The van der Waals surface area contributed by atoms with Gasteiger partial charge >= 0.3 is 0 Å². The van der Waals surface area contributed by atoms with Crippen molar-refractivity contribution in [2.75, 3.05) is 32.1 Å². The summed E-state index contributed by atoms with van der Waals surface area (Å²) in [7, 11) is 0. The Kier molecular flexibility index (Phi) is 10.6. The van der Waals surface area contributed by atoms with Gasteiger partial charge in [-0.3, -0.25) is 0 Å². The summed E-state index contributed by atoms with van der Waals surface area (Å²) < 4.78 is 0.990. The summed E-state index contributed by atoms with van der Waals surface area (Å²) in [5.74, 6) is 0.351. The lowest BCUT2D eigenvalue weighted by Gasteiger charge is -2.37. The van der Waals surface area contributed by atoms with E-state index in [-0.39, 0.29) is 18.5 Å². The first-order valence-corrected chi connectivity index (χ1v) is 5.76. The second kappa shape index (κ2) is 8.78. The Hall–Kier alpha value is 0.500. The molecule has 0 amide bonds. The van der Waals surface area contributed by atoms with Crippen LogP contribution in [0.4, 0.5) is 0 Å². The van der Waals surface area contributed by atoms with Crippen molar-refractivity contribution in [2.45, 2.75) is 33.3 Å². The van der Waals surface area contributed by atoms with Crippen LogP contribution in [0.3, 0.4) is 0 Å². The molecule has 0 spiro atoms. The number of halogens is 2. The van der Waals surface area contributed by atoms with Gasteiger partial charge < -0.3 is 22.0 Å². The second-order valence-corrected chi connectivity index (χ2v) is 4.00. The number of quaternary nitrogens is 1. The molecule has 88 valence electrons. The van der Waals surface area contributed by atoms with E-state index < -0.39 is 0 Å². The number of hydrogen-bond acceptors (Lipinski definition) is 1. The first-order valence-electron chi connectivity index (χ1n) is 5.23. The molecule has 0 aliphatic heterocycles. The molecule has 0 saturated carbocycles. The summed E-state index contributed by atoms with van der Waals surface area (Å²) in [5.41, 5.74) is 0. The van der Waals surface area contributed by atoms with Crippen LogP contribution in [0.2, 0.25) is 0 Å². The molecule has 1 atom stereocenters. The van der Waals surface area contributed by atoms with Crippen molar-refractivity contribution in [3.05, 3.63) is 0 Å². The maximum Gasteiger partial charge on any atom is 0.116 e. The maximum atomic E-state index is 9.53. The van der Waals surface area contributed by atoms with E-state index in [1.807, 2.05) is 0 Å². The lowest BCUT2D eigenvalue weighted by Crippen LogP contribution is -3.00. The lowest BCUT2D eigenvalue weighted by molar-refractivity contribution is -0.927. The van der Waals surface area contributed by atoms with Crippen LogP contribution in [0, 0.1) is 0 Å². The Morgan fingerprint density at radius 2 is 1.71 bits per heavy atom. The first kappa shape index (κ1) is 16.9. The van der Waals surface area contributed by atoms with Crippen LogP contribution in [0.1, 0.15) is 27.2 Å². The molecule has 0 rings (SSSR count). The molecular weight excluding hydrogens is 221 g/mol. The van der Waals surface area contributed by atoms with Gasteiger partial charge in [0.25, 0.3) is 0 Å². The lowest BCUT2D eigenvalue weighted by atomic mass is 10.2. The zero-order valence-electron chi connectivity index (χ0n) is 9.47. The van der Waals surface area contributed by atoms with E-state index in [9.17, 15) is 5.11 Å². The summed E-state index contributed by atoms with van der Waals surface area (Å²) >= 11 is 5.61. The summed E-state index contributed by atoms with van der Waals surface area (Å²) in [6.07, 6.45) is 0.810. The van der Waals surface area contributed by atoms with Crippen LogP contribution in [-0.4, -0.2) is 47.8 Å². The van der Waals surface area contributed by atoms with Gasteiger partial charge in [-0.1, -0.05) is 6.92 Å². The Bertz CT molecular complexity index is 129. The van der Waals surface area contributed by atoms with Crippen molar-refractivity contribution >= 4 is 11.6 Å². The molecule has 0 aliphatic carbocycles. The minimum Gasteiger partial charge on any atom is -1.00 e. The Morgan fingerprint density at radius 1 is 1.21 bits per heavy atom. The molecule has 0 fully saturated rings. The van der Waals surface area contributed by atoms with Gasteiger partial charge in [-0.15, -0.1) is 11.6 Å². The molecule has 0 aromatic rings. The zero-order valence-corrected chi connectivity index (χ0v) is 11.0. The van der Waals surface area contributed by atoms with E-state index in [0.717, 1.165) is 37.1 Å². The highest BCUT2D eigenvalue weighted by Gasteiger charge is 2.25. The number of likely N-dealkylation sites (N-methyl/N-ethyl adjacent to an activating group) is 1. The Labute approximate surface area is 99.2 Å². The summed E-state index contributed by atoms with van der Waals surface area (Å²) in [4.78, 5) is 0. The molecule has 14 heavy (non-hydrogen) atoms. The van der Waals surface area contributed by atoms with E-state index in [1.165, 1.54) is 0 Å². The zero-order chi connectivity index (χ0) is 10.3. The third-order valence-electron chi connectivity index (χ3n) is 2.82. The van der Waals surface area contributed by atoms with Crippen LogP contribution in [0.15, 0.2) is 0 Å². The van der Waals surface area contributed by atoms with E-state index in [1.54, 1.807) is 0 Å². The number of rotatable bonds is 7. The Morgan fingerprint density at radius 3 is 2.00 bits per heavy atom. The van der Waals surface area contributed by atoms with E-state index in [4.69, 9.17) is 11.6 Å². The molecular formula is C10H23Cl2NO. The van der Waals surface area contributed by atoms with Gasteiger partial charge in [-0.05, 0) is 20.3 Å². The van der Waals surface area contributed by atoms with Gasteiger partial charge in [0.05, 0.1) is 25.5 Å². The van der Waals surface area contributed by atoms with Gasteiger partial charge in [0, 0.05) is 0 Å². The van der Waals surface area contributed by atoms with Crippen LogP contribution in [0.25, 0.3) is 0 Å². The van der Waals surface area contributed by atoms with Gasteiger partial charge in [0.1, 0.15) is 12.6 Å². The molecule has 0 aromatic heterocycles. The normalized spacial score (nSPS) is 13.5. The first-order chi connectivity index (χ1) is 6.14. The van der Waals surface area contributed by atoms with Gasteiger partial charge in [0.15, 0.2) is 0 Å². The van der Waals surface area contributed by atoms with Gasteiger partial charge in [0.2, 0.25) is 0 Å². The highest BCUT2D eigenvalue weighted by atomic mass is 35.5. The number of aliphatic hydroxyl groups is 1. The topological polar surface area (TPSA) is 20.2 Å². The molecule has 0 aliphatic rings. The van der Waals surface area contributed by atoms with E-state index in [2.05, 4.69) is 20.8 Å². The predicted molar refractivity (Wildman–Crippen MR) is 58.1 cm³/mol. The summed E-state index contributed by atoms with van der Waals surface area (Å²) in [6, 6.07) is 0. The summed E-state index contributed by atoms with van der Waals surface area (Å²) in [6.45, 7) is 10.6. The second-order valence-electron chi connectivity index (χ2n) is 3.69. The van der Waals surface area contributed by atoms with Crippen molar-refractivity contribution in [3.63, 3.8) is 0 Å².